The highest BCUT2D eigenvalue weighted by atomic mass is 35.5. The molecule has 1 aliphatic carbocycles. The summed E-state index contributed by atoms with van der Waals surface area (Å²) < 4.78 is 69.1. The van der Waals surface area contributed by atoms with Crippen LogP contribution in [0.15, 0.2) is 53.7 Å². The van der Waals surface area contributed by atoms with Gasteiger partial charge >= 0.3 is 6.18 Å². The van der Waals surface area contributed by atoms with Crippen molar-refractivity contribution in [3.63, 3.8) is 0 Å². The van der Waals surface area contributed by atoms with Crippen LogP contribution in [0.5, 0.6) is 0 Å². The van der Waals surface area contributed by atoms with Crippen LogP contribution in [0.2, 0.25) is 5.15 Å². The lowest BCUT2D eigenvalue weighted by atomic mass is 10.0. The lowest BCUT2D eigenvalue weighted by Gasteiger charge is -2.29. The molecule has 4 rings (SSSR count). The molecule has 5 nitrogen and oxygen atoms in total. The first kappa shape index (κ1) is 20.2. The molecule has 0 radical (unpaired) electrons. The molecule has 1 atom stereocenters. The predicted molar refractivity (Wildman–Crippen MR) is 102 cm³/mol. The van der Waals surface area contributed by atoms with Gasteiger partial charge in [-0.05, 0) is 49.6 Å². The number of pyridine rings is 1. The smallest absolute Gasteiger partial charge is 0.288 e. The summed E-state index contributed by atoms with van der Waals surface area (Å²) in [6.45, 7) is 1.59. The maximum Gasteiger partial charge on any atom is 0.416 e. The van der Waals surface area contributed by atoms with E-state index in [9.17, 15) is 21.6 Å². The molecule has 0 aliphatic heterocycles. The van der Waals surface area contributed by atoms with E-state index in [4.69, 9.17) is 11.6 Å². The summed E-state index contributed by atoms with van der Waals surface area (Å²) in [4.78, 5) is 4.09. The summed E-state index contributed by atoms with van der Waals surface area (Å²) in [7, 11) is -4.13. The average Bonchev–Trinajstić information content (AvgIpc) is 3.40. The molecule has 0 bridgehead atoms. The Labute approximate surface area is 170 Å². The number of fused-ring (bicyclic) bond motifs is 1. The zero-order valence-electron chi connectivity index (χ0n) is 15.3. The Morgan fingerprint density at radius 1 is 1.21 bits per heavy atom. The van der Waals surface area contributed by atoms with Gasteiger partial charge in [0.2, 0.25) is 0 Å². The van der Waals surface area contributed by atoms with E-state index in [1.54, 1.807) is 31.3 Å². The van der Waals surface area contributed by atoms with E-state index >= 15 is 0 Å². The Kier molecular flexibility index (Phi) is 4.87. The van der Waals surface area contributed by atoms with Gasteiger partial charge in [-0.15, -0.1) is 0 Å². The van der Waals surface area contributed by atoms with Crippen LogP contribution in [0.3, 0.4) is 0 Å². The van der Waals surface area contributed by atoms with Gasteiger partial charge in [-0.1, -0.05) is 29.8 Å². The Bertz CT molecular complexity index is 1170. The maximum atomic E-state index is 13.6. The number of rotatable bonds is 5. The van der Waals surface area contributed by atoms with Gasteiger partial charge in [0.05, 0.1) is 5.56 Å². The van der Waals surface area contributed by atoms with Crippen molar-refractivity contribution in [2.45, 2.75) is 43.1 Å². The molecule has 0 N–H and O–H groups in total. The van der Waals surface area contributed by atoms with Crippen LogP contribution in [-0.4, -0.2) is 28.1 Å². The molecule has 1 fully saturated rings. The van der Waals surface area contributed by atoms with Crippen molar-refractivity contribution in [1.82, 2.24) is 13.7 Å². The Balaban J connectivity index is 1.81. The molecule has 1 unspecified atom stereocenters. The Hall–Kier alpha value is -2.10. The summed E-state index contributed by atoms with van der Waals surface area (Å²) in [5.74, 6) is 0. The van der Waals surface area contributed by atoms with Crippen LogP contribution in [0.25, 0.3) is 5.65 Å². The molecule has 2 heterocycles. The zero-order valence-corrected chi connectivity index (χ0v) is 16.8. The van der Waals surface area contributed by atoms with Crippen molar-refractivity contribution in [3.8, 4) is 0 Å². The number of benzene rings is 1. The van der Waals surface area contributed by atoms with Gasteiger partial charge in [-0.2, -0.15) is 17.5 Å². The minimum Gasteiger partial charge on any atom is -0.288 e. The van der Waals surface area contributed by atoms with Crippen LogP contribution in [0, 0.1) is 0 Å². The first-order chi connectivity index (χ1) is 13.6. The molecule has 0 spiro atoms. The third-order valence-corrected chi connectivity index (χ3v) is 7.38. The third kappa shape index (κ3) is 3.62. The van der Waals surface area contributed by atoms with E-state index in [2.05, 4.69) is 4.98 Å². The molecule has 2 aromatic heterocycles. The van der Waals surface area contributed by atoms with E-state index in [0.29, 0.717) is 18.5 Å². The lowest BCUT2D eigenvalue weighted by molar-refractivity contribution is -0.137. The number of alkyl halides is 3. The SMILES string of the molecule is CC(c1cccc(C(F)(F)F)c1)N(C1CC1)S(=O)(=O)c1c(Cl)nc2ccccn12. The summed E-state index contributed by atoms with van der Waals surface area (Å²) in [5.41, 5.74) is -0.179. The third-order valence-electron chi connectivity index (χ3n) is 4.95. The first-order valence-electron chi connectivity index (χ1n) is 8.94. The fourth-order valence-electron chi connectivity index (χ4n) is 3.45. The molecular formula is C19H17ClF3N3O2S. The molecule has 10 heteroatoms. The number of nitrogens with zero attached hydrogens (tertiary/aromatic N) is 3. The minimum atomic E-state index is -4.51. The average molecular weight is 444 g/mol. The molecule has 154 valence electrons. The number of imidazole rings is 1. The van der Waals surface area contributed by atoms with E-state index in [1.165, 1.54) is 20.8 Å². The quantitative estimate of drug-likeness (QED) is 0.562. The second kappa shape index (κ2) is 7.00. The van der Waals surface area contributed by atoms with Crippen molar-refractivity contribution >= 4 is 27.3 Å². The second-order valence-corrected chi connectivity index (χ2v) is 9.12. The van der Waals surface area contributed by atoms with Gasteiger partial charge in [0, 0.05) is 18.3 Å². The van der Waals surface area contributed by atoms with Gasteiger partial charge in [0.25, 0.3) is 10.0 Å². The Morgan fingerprint density at radius 2 is 1.93 bits per heavy atom. The predicted octanol–water partition coefficient (Wildman–Crippen LogP) is 4.92. The molecule has 1 aliphatic rings. The van der Waals surface area contributed by atoms with Crippen LogP contribution < -0.4 is 0 Å². The first-order valence-corrected chi connectivity index (χ1v) is 10.8. The van der Waals surface area contributed by atoms with E-state index in [-0.39, 0.29) is 21.8 Å². The molecule has 0 saturated heterocycles. The highest BCUT2D eigenvalue weighted by Gasteiger charge is 2.44. The Morgan fingerprint density at radius 3 is 2.59 bits per heavy atom. The van der Waals surface area contributed by atoms with Gasteiger partial charge in [0.15, 0.2) is 10.2 Å². The van der Waals surface area contributed by atoms with Gasteiger partial charge in [-0.3, -0.25) is 4.40 Å². The topological polar surface area (TPSA) is 54.7 Å². The van der Waals surface area contributed by atoms with Crippen molar-refractivity contribution in [1.29, 1.82) is 0 Å². The lowest BCUT2D eigenvalue weighted by Crippen LogP contribution is -2.36. The standard InChI is InChI=1S/C19H17ClF3N3O2S/c1-12(13-5-4-6-14(11-13)19(21,22)23)26(15-8-9-15)29(27,28)18-17(20)24-16-7-2-3-10-25(16)18/h2-7,10-12,15H,8-9H2,1H3. The fourth-order valence-corrected chi connectivity index (χ4v) is 5.92. The van der Waals surface area contributed by atoms with Crippen LogP contribution in [-0.2, 0) is 16.2 Å². The maximum absolute atomic E-state index is 13.6. The van der Waals surface area contributed by atoms with E-state index in [1.807, 2.05) is 0 Å². The van der Waals surface area contributed by atoms with Crippen molar-refractivity contribution in [3.05, 3.63) is 64.9 Å². The van der Waals surface area contributed by atoms with Crippen LogP contribution in [0.1, 0.15) is 36.9 Å². The van der Waals surface area contributed by atoms with Crippen LogP contribution in [0.4, 0.5) is 13.2 Å². The minimum absolute atomic E-state index is 0.168. The van der Waals surface area contributed by atoms with Gasteiger partial charge < -0.3 is 0 Å². The van der Waals surface area contributed by atoms with Crippen molar-refractivity contribution in [2.24, 2.45) is 0 Å². The monoisotopic (exact) mass is 443 g/mol. The number of hydrogen-bond acceptors (Lipinski definition) is 3. The van der Waals surface area contributed by atoms with E-state index < -0.39 is 27.8 Å². The van der Waals surface area contributed by atoms with E-state index in [0.717, 1.165) is 12.1 Å². The molecule has 3 aromatic rings. The van der Waals surface area contributed by atoms with Crippen LogP contribution >= 0.6 is 11.6 Å². The van der Waals surface area contributed by atoms with Gasteiger partial charge in [0.1, 0.15) is 5.65 Å². The summed E-state index contributed by atoms with van der Waals surface area (Å²) in [5, 5.41) is -0.349. The molecule has 1 saturated carbocycles. The van der Waals surface area contributed by atoms with Gasteiger partial charge in [-0.25, -0.2) is 13.4 Å². The number of aromatic nitrogens is 2. The van der Waals surface area contributed by atoms with Crippen molar-refractivity contribution < 1.29 is 21.6 Å². The van der Waals surface area contributed by atoms with Crippen molar-refractivity contribution in [2.75, 3.05) is 0 Å². The molecule has 29 heavy (non-hydrogen) atoms. The zero-order chi connectivity index (χ0) is 21.0. The summed E-state index contributed by atoms with van der Waals surface area (Å²) in [6.07, 6.45) is -1.70. The highest BCUT2D eigenvalue weighted by molar-refractivity contribution is 7.89. The highest BCUT2D eigenvalue weighted by Crippen LogP contribution is 2.41. The summed E-state index contributed by atoms with van der Waals surface area (Å²) >= 11 is 6.17. The largest absolute Gasteiger partial charge is 0.416 e. The summed E-state index contributed by atoms with van der Waals surface area (Å²) in [6, 6.07) is 8.63. The molecule has 1 aromatic carbocycles. The number of hydrogen-bond donors (Lipinski definition) is 0. The fraction of sp³-hybridized carbons (Fsp3) is 0.316. The normalized spacial score (nSPS) is 16.5. The molecular weight excluding hydrogens is 427 g/mol. The number of sulfonamides is 1. The molecule has 0 amide bonds. The number of halogens is 4. The second-order valence-electron chi connectivity index (χ2n) is 7.00.